The van der Waals surface area contributed by atoms with Crippen LogP contribution in [0.2, 0.25) is 0 Å². The van der Waals surface area contributed by atoms with Gasteiger partial charge < -0.3 is 14.8 Å². The summed E-state index contributed by atoms with van der Waals surface area (Å²) in [5.74, 6) is 0.582. The zero-order chi connectivity index (χ0) is 24.6. The molecule has 3 heterocycles. The summed E-state index contributed by atoms with van der Waals surface area (Å²) in [6.45, 7) is 5.26. The van der Waals surface area contributed by atoms with Crippen LogP contribution in [-0.2, 0) is 19.8 Å². The molecule has 0 aliphatic carbocycles. The van der Waals surface area contributed by atoms with Crippen molar-refractivity contribution in [1.82, 2.24) is 19.7 Å². The number of alkyl halides is 3. The highest BCUT2D eigenvalue weighted by atomic mass is 19.4. The maximum absolute atomic E-state index is 13.2. The second-order valence-corrected chi connectivity index (χ2v) is 9.69. The second kappa shape index (κ2) is 9.66. The first kappa shape index (κ1) is 23.9. The summed E-state index contributed by atoms with van der Waals surface area (Å²) in [5.41, 5.74) is 3.40. The fourth-order valence-electron chi connectivity index (χ4n) is 5.36. The van der Waals surface area contributed by atoms with Crippen molar-refractivity contribution in [3.8, 4) is 0 Å². The van der Waals surface area contributed by atoms with Crippen LogP contribution >= 0.6 is 0 Å². The van der Waals surface area contributed by atoms with E-state index in [1.165, 1.54) is 17.8 Å². The van der Waals surface area contributed by atoms with E-state index in [1.54, 1.807) is 0 Å². The maximum Gasteiger partial charge on any atom is 0.416 e. The van der Waals surface area contributed by atoms with Crippen molar-refractivity contribution in [1.29, 1.82) is 0 Å². The van der Waals surface area contributed by atoms with Crippen molar-refractivity contribution < 1.29 is 18.0 Å². The van der Waals surface area contributed by atoms with Gasteiger partial charge in [-0.1, -0.05) is 12.1 Å². The Bertz CT molecular complexity index is 1190. The molecule has 0 atom stereocenters. The first-order valence-electron chi connectivity index (χ1n) is 12.3. The number of piperidine rings is 1. The van der Waals surface area contributed by atoms with Crippen molar-refractivity contribution in [2.45, 2.75) is 31.5 Å². The molecule has 1 aromatic heterocycles. The predicted octanol–water partition coefficient (Wildman–Crippen LogP) is 4.62. The van der Waals surface area contributed by atoms with Crippen LogP contribution in [0.15, 0.2) is 48.5 Å². The Labute approximate surface area is 203 Å². The van der Waals surface area contributed by atoms with Gasteiger partial charge in [-0.2, -0.15) is 13.2 Å². The summed E-state index contributed by atoms with van der Waals surface area (Å²) in [4.78, 5) is 17.3. The smallest absolute Gasteiger partial charge is 0.347 e. The molecular weight excluding hydrogens is 453 g/mol. The van der Waals surface area contributed by atoms with Crippen molar-refractivity contribution >= 4 is 16.8 Å². The van der Waals surface area contributed by atoms with Gasteiger partial charge >= 0.3 is 6.18 Å². The minimum Gasteiger partial charge on any atom is -0.347 e. The number of hydrogen-bond acceptors (Lipinski definition) is 3. The Morgan fingerprint density at radius 2 is 1.66 bits per heavy atom. The molecule has 0 spiro atoms. The molecule has 0 bridgehead atoms. The number of nitrogens with zero attached hydrogens (tertiary/aromatic N) is 3. The van der Waals surface area contributed by atoms with Crippen LogP contribution in [0.1, 0.15) is 45.9 Å². The van der Waals surface area contributed by atoms with Gasteiger partial charge in [0, 0.05) is 67.8 Å². The number of fused-ring (bicyclic) bond motifs is 1. The normalized spacial score (nSPS) is 18.3. The molecule has 8 heteroatoms. The minimum absolute atomic E-state index is 0.0355. The molecule has 186 valence electrons. The highest BCUT2D eigenvalue weighted by Gasteiger charge is 2.30. The molecule has 2 fully saturated rings. The number of halogens is 3. The number of aryl methyl sites for hydroxylation is 1. The summed E-state index contributed by atoms with van der Waals surface area (Å²) in [5, 5.41) is 4.52. The summed E-state index contributed by atoms with van der Waals surface area (Å²) in [7, 11) is 2.11. The third-order valence-corrected chi connectivity index (χ3v) is 7.43. The fourth-order valence-corrected chi connectivity index (χ4v) is 5.36. The van der Waals surface area contributed by atoms with Crippen LogP contribution in [0, 0.1) is 0 Å². The van der Waals surface area contributed by atoms with E-state index in [1.807, 2.05) is 23.1 Å². The van der Waals surface area contributed by atoms with Gasteiger partial charge in [0.05, 0.1) is 5.56 Å². The van der Waals surface area contributed by atoms with Gasteiger partial charge in [-0.05, 0) is 67.9 Å². The van der Waals surface area contributed by atoms with Gasteiger partial charge in [-0.15, -0.1) is 0 Å². The molecule has 3 aromatic rings. The van der Waals surface area contributed by atoms with Crippen LogP contribution in [0.5, 0.6) is 0 Å². The number of piperazine rings is 1. The zero-order valence-corrected chi connectivity index (χ0v) is 19.9. The van der Waals surface area contributed by atoms with Gasteiger partial charge in [0.25, 0.3) is 5.91 Å². The lowest BCUT2D eigenvalue weighted by Gasteiger charge is -2.34. The molecular formula is C27H31F3N4O. The van der Waals surface area contributed by atoms with E-state index < -0.39 is 11.7 Å². The van der Waals surface area contributed by atoms with E-state index in [0.29, 0.717) is 44.2 Å². The molecule has 2 aromatic carbocycles. The maximum atomic E-state index is 13.2. The average Bonchev–Trinajstić information content (AvgIpc) is 3.20. The Kier molecular flexibility index (Phi) is 6.59. The number of hydrogen-bond donors (Lipinski definition) is 1. The average molecular weight is 485 g/mol. The first-order chi connectivity index (χ1) is 16.8. The number of carbonyl (C=O) groups is 1. The molecule has 1 amide bonds. The molecule has 2 aliphatic rings. The number of amides is 1. The van der Waals surface area contributed by atoms with Crippen molar-refractivity contribution in [2.75, 3.05) is 39.3 Å². The highest BCUT2D eigenvalue weighted by Crippen LogP contribution is 2.31. The number of carbonyl (C=O) groups excluding carboxylic acids is 1. The molecule has 35 heavy (non-hydrogen) atoms. The molecule has 1 N–H and O–H groups in total. The van der Waals surface area contributed by atoms with Crippen LogP contribution in [-0.4, -0.2) is 59.5 Å². The molecule has 5 nitrogen and oxygen atoms in total. The minimum atomic E-state index is -4.32. The van der Waals surface area contributed by atoms with E-state index in [0.717, 1.165) is 54.5 Å². The molecule has 0 unspecified atom stereocenters. The van der Waals surface area contributed by atoms with E-state index >= 15 is 0 Å². The topological polar surface area (TPSA) is 40.5 Å². The van der Waals surface area contributed by atoms with Crippen LogP contribution in [0.25, 0.3) is 10.9 Å². The van der Waals surface area contributed by atoms with E-state index in [-0.39, 0.29) is 5.91 Å². The molecule has 2 aliphatic heterocycles. The summed E-state index contributed by atoms with van der Waals surface area (Å²) in [6, 6.07) is 13.6. The lowest BCUT2D eigenvalue weighted by atomic mass is 9.94. The fraction of sp³-hybridized carbons (Fsp3) is 0.444. The molecule has 5 rings (SSSR count). The van der Waals surface area contributed by atoms with E-state index in [9.17, 15) is 18.0 Å². The third-order valence-electron chi connectivity index (χ3n) is 7.43. The first-order valence-corrected chi connectivity index (χ1v) is 12.3. The quantitative estimate of drug-likeness (QED) is 0.588. The van der Waals surface area contributed by atoms with Crippen molar-refractivity contribution in [2.24, 2.45) is 7.05 Å². The zero-order valence-electron chi connectivity index (χ0n) is 19.9. The Balaban J connectivity index is 1.21. The Morgan fingerprint density at radius 1 is 0.971 bits per heavy atom. The lowest BCUT2D eigenvalue weighted by Crippen LogP contribution is -2.48. The number of rotatable bonds is 4. The summed E-state index contributed by atoms with van der Waals surface area (Å²) < 4.78 is 40.6. The predicted molar refractivity (Wildman–Crippen MR) is 130 cm³/mol. The lowest BCUT2D eigenvalue weighted by molar-refractivity contribution is -0.137. The third kappa shape index (κ3) is 5.09. The van der Waals surface area contributed by atoms with Gasteiger partial charge in [-0.3, -0.25) is 9.69 Å². The number of nitrogens with one attached hydrogen (secondary N) is 1. The highest BCUT2D eigenvalue weighted by molar-refractivity contribution is 5.98. The second-order valence-electron chi connectivity index (χ2n) is 9.69. The van der Waals surface area contributed by atoms with Gasteiger partial charge in [-0.25, -0.2) is 0 Å². The van der Waals surface area contributed by atoms with Crippen molar-refractivity contribution in [3.63, 3.8) is 0 Å². The van der Waals surface area contributed by atoms with Crippen LogP contribution in [0.4, 0.5) is 13.2 Å². The van der Waals surface area contributed by atoms with Crippen molar-refractivity contribution in [3.05, 3.63) is 70.9 Å². The Morgan fingerprint density at radius 3 is 2.31 bits per heavy atom. The van der Waals surface area contributed by atoms with E-state index in [4.69, 9.17) is 0 Å². The summed E-state index contributed by atoms with van der Waals surface area (Å²) >= 11 is 0. The van der Waals surface area contributed by atoms with Gasteiger partial charge in [0.2, 0.25) is 0 Å². The number of benzene rings is 2. The summed E-state index contributed by atoms with van der Waals surface area (Å²) in [6.07, 6.45) is -2.05. The monoisotopic (exact) mass is 484 g/mol. The molecule has 2 saturated heterocycles. The molecule has 0 saturated carbocycles. The van der Waals surface area contributed by atoms with Gasteiger partial charge in [0.1, 0.15) is 0 Å². The largest absolute Gasteiger partial charge is 0.416 e. The Hall–Kier alpha value is -2.84. The SMILES string of the molecule is Cn1c(C2CCNCC2)cc2cc(C(=O)N3CCN(Cc4ccc(C(F)(F)F)cc4)CC3)ccc21. The standard InChI is InChI=1S/C27H31F3N4O/c1-32-24-7-4-21(16-22(24)17-25(32)20-8-10-31-11-9-20)26(35)34-14-12-33(13-15-34)18-19-2-5-23(6-3-19)27(28,29)30/h2-7,16-17,20,31H,8-15,18H2,1H3. The number of aromatic nitrogens is 1. The van der Waals surface area contributed by atoms with Crippen LogP contribution in [0.3, 0.4) is 0 Å². The van der Waals surface area contributed by atoms with Gasteiger partial charge in [0.15, 0.2) is 0 Å². The van der Waals surface area contributed by atoms with Crippen LogP contribution < -0.4 is 5.32 Å². The molecule has 0 radical (unpaired) electrons. The van der Waals surface area contributed by atoms with E-state index in [2.05, 4.69) is 27.9 Å².